The van der Waals surface area contributed by atoms with Crippen molar-refractivity contribution >= 4 is 17.5 Å². The fourth-order valence-electron chi connectivity index (χ4n) is 6.14. The normalized spacial score (nSPS) is 26.1. The van der Waals surface area contributed by atoms with Crippen molar-refractivity contribution in [3.63, 3.8) is 0 Å². The summed E-state index contributed by atoms with van der Waals surface area (Å²) in [6, 6.07) is 11.8. The zero-order chi connectivity index (χ0) is 26.1. The zero-order valence-corrected chi connectivity index (χ0v) is 20.4. The second-order valence-electron chi connectivity index (χ2n) is 9.92. The summed E-state index contributed by atoms with van der Waals surface area (Å²) in [5, 5.41) is 13.3. The number of amides is 1. The van der Waals surface area contributed by atoms with E-state index >= 15 is 8.78 Å². The molecule has 0 saturated carbocycles. The molecule has 2 heterocycles. The summed E-state index contributed by atoms with van der Waals surface area (Å²) >= 11 is 6.48. The van der Waals surface area contributed by atoms with E-state index in [9.17, 15) is 14.3 Å². The molecule has 2 aliphatic heterocycles. The Labute approximate surface area is 216 Å². The summed E-state index contributed by atoms with van der Waals surface area (Å²) in [6.45, 7) is 0.791. The largest absolute Gasteiger partial charge is 0.480 e. The Kier molecular flexibility index (Phi) is 5.74. The lowest BCUT2D eigenvalue weighted by molar-refractivity contribution is 0.0539. The van der Waals surface area contributed by atoms with Crippen molar-refractivity contribution in [2.24, 2.45) is 5.73 Å². The number of halogens is 4. The van der Waals surface area contributed by atoms with Gasteiger partial charge in [-0.1, -0.05) is 41.9 Å². The van der Waals surface area contributed by atoms with E-state index in [-0.39, 0.29) is 57.5 Å². The molecule has 1 aliphatic carbocycles. The molecular weight excluding hydrogens is 505 g/mol. The maximum absolute atomic E-state index is 16.1. The first-order valence-corrected chi connectivity index (χ1v) is 12.6. The van der Waals surface area contributed by atoms with E-state index in [0.29, 0.717) is 5.56 Å². The van der Waals surface area contributed by atoms with Gasteiger partial charge in [-0.3, -0.25) is 4.79 Å². The van der Waals surface area contributed by atoms with Gasteiger partial charge in [0.2, 0.25) is 5.91 Å². The van der Waals surface area contributed by atoms with Crippen LogP contribution in [0.2, 0.25) is 5.02 Å². The molecule has 37 heavy (non-hydrogen) atoms. The lowest BCUT2D eigenvalue weighted by Crippen LogP contribution is -2.48. The Morgan fingerprint density at radius 3 is 2.59 bits per heavy atom. The monoisotopic (exact) mass is 528 g/mol. The van der Waals surface area contributed by atoms with Crippen molar-refractivity contribution < 1.29 is 27.8 Å². The summed E-state index contributed by atoms with van der Waals surface area (Å²) in [6.07, 6.45) is -1.75. The number of carbonyl (C=O) groups is 1. The summed E-state index contributed by atoms with van der Waals surface area (Å²) < 4.78 is 52.2. The van der Waals surface area contributed by atoms with Gasteiger partial charge < -0.3 is 20.9 Å². The van der Waals surface area contributed by atoms with Gasteiger partial charge in [-0.05, 0) is 42.1 Å². The number of hydrogen-bond acceptors (Lipinski definition) is 4. The van der Waals surface area contributed by atoms with E-state index < -0.39 is 35.4 Å². The molecule has 6 rings (SSSR count). The second-order valence-corrected chi connectivity index (χ2v) is 10.3. The lowest BCUT2D eigenvalue weighted by atomic mass is 9.80. The number of rotatable bonds is 4. The minimum Gasteiger partial charge on any atom is -0.480 e. The van der Waals surface area contributed by atoms with Crippen LogP contribution in [0.15, 0.2) is 42.5 Å². The zero-order valence-electron chi connectivity index (χ0n) is 19.7. The molecule has 0 unspecified atom stereocenters. The van der Waals surface area contributed by atoms with E-state index in [1.165, 1.54) is 12.1 Å². The van der Waals surface area contributed by atoms with Crippen LogP contribution in [0.5, 0.6) is 5.75 Å². The van der Waals surface area contributed by atoms with E-state index in [4.69, 9.17) is 22.1 Å². The lowest BCUT2D eigenvalue weighted by Gasteiger charge is -2.35. The smallest absolute Gasteiger partial charge is 0.249 e. The fraction of sp³-hybridized carbons (Fsp3) is 0.321. The first-order chi connectivity index (χ1) is 17.7. The van der Waals surface area contributed by atoms with E-state index in [2.05, 4.69) is 5.32 Å². The predicted molar refractivity (Wildman–Crippen MR) is 132 cm³/mol. The molecule has 1 fully saturated rings. The number of carbonyl (C=O) groups excluding carboxylic acids is 1. The number of aliphatic hydroxyl groups is 1. The molecule has 0 spiro atoms. The molecule has 4 N–H and O–H groups in total. The van der Waals surface area contributed by atoms with Gasteiger partial charge in [0.1, 0.15) is 29.7 Å². The molecule has 5 nitrogen and oxygen atoms in total. The van der Waals surface area contributed by atoms with Crippen LogP contribution in [0.1, 0.15) is 51.6 Å². The van der Waals surface area contributed by atoms with Gasteiger partial charge >= 0.3 is 0 Å². The quantitative estimate of drug-likeness (QED) is 0.450. The van der Waals surface area contributed by atoms with Crippen molar-refractivity contribution in [1.29, 1.82) is 0 Å². The van der Waals surface area contributed by atoms with Gasteiger partial charge in [0.25, 0.3) is 0 Å². The Bertz CT molecular complexity index is 1430. The van der Waals surface area contributed by atoms with Crippen molar-refractivity contribution in [2.45, 2.75) is 49.6 Å². The van der Waals surface area contributed by atoms with Gasteiger partial charge in [-0.15, -0.1) is 0 Å². The molecule has 3 aliphatic rings. The average Bonchev–Trinajstić information content (AvgIpc) is 3.61. The maximum Gasteiger partial charge on any atom is 0.249 e. The number of benzene rings is 3. The van der Waals surface area contributed by atoms with Crippen LogP contribution >= 0.6 is 11.6 Å². The van der Waals surface area contributed by atoms with Gasteiger partial charge in [-0.2, -0.15) is 0 Å². The van der Waals surface area contributed by atoms with E-state index in [1.807, 2.05) is 30.3 Å². The molecule has 3 aromatic carbocycles. The number of ether oxygens (including phenoxy) is 1. The van der Waals surface area contributed by atoms with E-state index in [1.54, 1.807) is 0 Å². The molecule has 4 atom stereocenters. The van der Waals surface area contributed by atoms with Gasteiger partial charge in [0, 0.05) is 35.6 Å². The molecule has 1 amide bonds. The molecule has 192 valence electrons. The first kappa shape index (κ1) is 24.3. The molecule has 3 aromatic rings. The van der Waals surface area contributed by atoms with Crippen molar-refractivity contribution in [2.75, 3.05) is 6.54 Å². The van der Waals surface area contributed by atoms with Crippen LogP contribution in [-0.2, 0) is 18.4 Å². The second kappa shape index (κ2) is 8.75. The summed E-state index contributed by atoms with van der Waals surface area (Å²) in [7, 11) is 0. The fourth-order valence-corrected chi connectivity index (χ4v) is 6.41. The number of aliphatic hydroxyl groups excluding tert-OH is 1. The standard InChI is InChI=1S/C28H24ClF3N2O3/c29-24-18(30)11-20-17(12-28(37-20,21-7-4-8-34-21)13-5-2-1-3-6-13)22(24)23-16(27(33)36)9-15-14(25(23)32)10-19(31)26(15)35/h1-3,5-6,9,11,19,21,26,34-35H,4,7-8,10,12H2,(H2,33,36)/t19-,21-,26-,28-/m0/s1. The van der Waals surface area contributed by atoms with Crippen LogP contribution in [-0.4, -0.2) is 29.8 Å². The molecular formula is C28H24ClF3N2O3. The SMILES string of the molecule is NC(=O)c1cc2c(c(F)c1-c1c(Cl)c(F)cc3c1C[C@](c1ccccc1)([C@@H]1CCCN1)O3)C[C@H](F)[C@H]2O. The van der Waals surface area contributed by atoms with Gasteiger partial charge in [-0.25, -0.2) is 13.2 Å². The maximum atomic E-state index is 16.1. The van der Waals surface area contributed by atoms with Crippen LogP contribution in [0.25, 0.3) is 11.1 Å². The Morgan fingerprint density at radius 1 is 1.16 bits per heavy atom. The molecule has 0 bridgehead atoms. The minimum atomic E-state index is -1.74. The Morgan fingerprint density at radius 2 is 1.92 bits per heavy atom. The van der Waals surface area contributed by atoms with Gasteiger partial charge in [0.05, 0.1) is 16.6 Å². The van der Waals surface area contributed by atoms with Crippen LogP contribution in [0, 0.1) is 11.6 Å². The summed E-state index contributed by atoms with van der Waals surface area (Å²) in [5.74, 6) is -2.62. The topological polar surface area (TPSA) is 84.6 Å². The van der Waals surface area contributed by atoms with Gasteiger partial charge in [0.15, 0.2) is 5.60 Å². The highest BCUT2D eigenvalue weighted by atomic mass is 35.5. The number of primary amides is 1. The predicted octanol–water partition coefficient (Wildman–Crippen LogP) is 4.89. The highest BCUT2D eigenvalue weighted by Crippen LogP contribution is 2.53. The first-order valence-electron chi connectivity index (χ1n) is 12.2. The molecule has 0 aromatic heterocycles. The van der Waals surface area contributed by atoms with Crippen LogP contribution < -0.4 is 15.8 Å². The third kappa shape index (κ3) is 3.57. The average molecular weight is 529 g/mol. The number of nitrogens with one attached hydrogen (secondary N) is 1. The Balaban J connectivity index is 1.60. The number of hydrogen-bond donors (Lipinski definition) is 3. The molecule has 9 heteroatoms. The van der Waals surface area contributed by atoms with Crippen LogP contribution in [0.3, 0.4) is 0 Å². The summed E-state index contributed by atoms with van der Waals surface area (Å²) in [5.41, 5.74) is 5.20. The highest BCUT2D eigenvalue weighted by molar-refractivity contribution is 6.34. The summed E-state index contributed by atoms with van der Waals surface area (Å²) in [4.78, 5) is 12.5. The number of alkyl halides is 1. The third-order valence-corrected chi connectivity index (χ3v) is 8.25. The van der Waals surface area contributed by atoms with Crippen molar-refractivity contribution in [3.8, 4) is 16.9 Å². The van der Waals surface area contributed by atoms with Crippen molar-refractivity contribution in [3.05, 3.63) is 86.9 Å². The third-order valence-electron chi connectivity index (χ3n) is 7.88. The van der Waals surface area contributed by atoms with E-state index in [0.717, 1.165) is 24.9 Å². The number of nitrogens with two attached hydrogens (primary N) is 1. The Hall–Kier alpha value is -3.07. The minimum absolute atomic E-state index is 0.0432. The highest BCUT2D eigenvalue weighted by Gasteiger charge is 2.50. The van der Waals surface area contributed by atoms with Crippen LogP contribution in [0.4, 0.5) is 13.2 Å². The number of fused-ring (bicyclic) bond motifs is 2. The molecule has 1 saturated heterocycles. The molecule has 0 radical (unpaired) electrons. The van der Waals surface area contributed by atoms with Crippen molar-refractivity contribution in [1.82, 2.24) is 5.32 Å².